The van der Waals surface area contributed by atoms with Crippen molar-refractivity contribution >= 4 is 5.69 Å². The van der Waals surface area contributed by atoms with Gasteiger partial charge in [0.1, 0.15) is 0 Å². The third kappa shape index (κ3) is 3.81. The summed E-state index contributed by atoms with van der Waals surface area (Å²) >= 11 is 0. The molecule has 0 atom stereocenters. The van der Waals surface area contributed by atoms with Crippen LogP contribution in [0.25, 0.3) is 0 Å². The van der Waals surface area contributed by atoms with Crippen molar-refractivity contribution in [3.05, 3.63) is 29.8 Å². The number of nitrogens with zero attached hydrogens (tertiary/aromatic N) is 1. The van der Waals surface area contributed by atoms with Crippen LogP contribution in [0, 0.1) is 11.6 Å². The largest absolute Gasteiger partial charge is 0.384 e. The standard InChI is InChI=1S/C10H15F2N3/c1-13-15(2)6-5-14-8-3-4-9(11)10(12)7-8/h3-4,7,13-14H,5-6H2,1-2H3. The first-order chi connectivity index (χ1) is 7.13. The molecule has 0 bridgehead atoms. The van der Waals surface area contributed by atoms with Crippen molar-refractivity contribution in [2.24, 2.45) is 0 Å². The van der Waals surface area contributed by atoms with Gasteiger partial charge in [0.05, 0.1) is 0 Å². The summed E-state index contributed by atoms with van der Waals surface area (Å²) in [4.78, 5) is 0. The van der Waals surface area contributed by atoms with Gasteiger partial charge in [-0.05, 0) is 25.2 Å². The van der Waals surface area contributed by atoms with E-state index in [4.69, 9.17) is 0 Å². The van der Waals surface area contributed by atoms with E-state index in [1.807, 2.05) is 19.1 Å². The monoisotopic (exact) mass is 215 g/mol. The smallest absolute Gasteiger partial charge is 0.160 e. The first kappa shape index (κ1) is 11.9. The molecule has 1 aromatic carbocycles. The van der Waals surface area contributed by atoms with Crippen molar-refractivity contribution in [3.63, 3.8) is 0 Å². The van der Waals surface area contributed by atoms with E-state index < -0.39 is 11.6 Å². The summed E-state index contributed by atoms with van der Waals surface area (Å²) in [6, 6.07) is 3.77. The lowest BCUT2D eigenvalue weighted by atomic mass is 10.3. The lowest BCUT2D eigenvalue weighted by Gasteiger charge is -2.15. The number of rotatable bonds is 5. The van der Waals surface area contributed by atoms with E-state index in [9.17, 15) is 8.78 Å². The summed E-state index contributed by atoms with van der Waals surface area (Å²) in [6.45, 7) is 1.41. The molecule has 0 aliphatic heterocycles. The molecule has 15 heavy (non-hydrogen) atoms. The lowest BCUT2D eigenvalue weighted by molar-refractivity contribution is 0.271. The van der Waals surface area contributed by atoms with Crippen LogP contribution in [0.2, 0.25) is 0 Å². The highest BCUT2D eigenvalue weighted by molar-refractivity contribution is 5.43. The first-order valence-corrected chi connectivity index (χ1v) is 4.71. The van der Waals surface area contributed by atoms with Gasteiger partial charge in [-0.1, -0.05) is 0 Å². The van der Waals surface area contributed by atoms with Gasteiger partial charge in [0.15, 0.2) is 11.6 Å². The van der Waals surface area contributed by atoms with Gasteiger partial charge in [-0.3, -0.25) is 5.43 Å². The van der Waals surface area contributed by atoms with Crippen molar-refractivity contribution < 1.29 is 8.78 Å². The molecule has 0 spiro atoms. The van der Waals surface area contributed by atoms with Crippen LogP contribution in [0.15, 0.2) is 18.2 Å². The highest BCUT2D eigenvalue weighted by atomic mass is 19.2. The van der Waals surface area contributed by atoms with E-state index in [0.29, 0.717) is 12.2 Å². The molecule has 0 heterocycles. The molecular formula is C10H15F2N3. The number of likely N-dealkylation sites (N-methyl/N-ethyl adjacent to an activating group) is 1. The Balaban J connectivity index is 2.41. The Labute approximate surface area is 88.1 Å². The molecule has 0 fully saturated rings. The number of nitrogens with one attached hydrogen (secondary N) is 2. The molecule has 3 nitrogen and oxygen atoms in total. The average molecular weight is 215 g/mol. The van der Waals surface area contributed by atoms with Crippen LogP contribution < -0.4 is 10.7 Å². The minimum atomic E-state index is -0.832. The number of halogens is 2. The van der Waals surface area contributed by atoms with Gasteiger partial charge >= 0.3 is 0 Å². The van der Waals surface area contributed by atoms with Crippen LogP contribution in [0.1, 0.15) is 0 Å². The number of hydrogen-bond acceptors (Lipinski definition) is 3. The maximum atomic E-state index is 12.8. The predicted molar refractivity (Wildman–Crippen MR) is 56.5 cm³/mol. The second-order valence-electron chi connectivity index (χ2n) is 3.20. The van der Waals surface area contributed by atoms with Crippen molar-refractivity contribution in [2.45, 2.75) is 0 Å². The summed E-state index contributed by atoms with van der Waals surface area (Å²) in [5.74, 6) is -1.66. The third-order valence-corrected chi connectivity index (χ3v) is 2.08. The maximum Gasteiger partial charge on any atom is 0.160 e. The Morgan fingerprint density at radius 3 is 2.60 bits per heavy atom. The molecule has 1 rings (SSSR count). The first-order valence-electron chi connectivity index (χ1n) is 4.71. The second kappa shape index (κ2) is 5.63. The highest BCUT2D eigenvalue weighted by Gasteiger charge is 2.01. The summed E-state index contributed by atoms with van der Waals surface area (Å²) in [5, 5.41) is 4.87. The minimum absolute atomic E-state index is 0.582. The molecule has 0 aliphatic carbocycles. The van der Waals surface area contributed by atoms with Crippen LogP contribution in [0.4, 0.5) is 14.5 Å². The Morgan fingerprint density at radius 2 is 2.00 bits per heavy atom. The summed E-state index contributed by atoms with van der Waals surface area (Å²) < 4.78 is 25.4. The molecule has 5 heteroatoms. The van der Waals surface area contributed by atoms with Crippen molar-refractivity contribution in [2.75, 3.05) is 32.5 Å². The fraction of sp³-hybridized carbons (Fsp3) is 0.400. The highest BCUT2D eigenvalue weighted by Crippen LogP contribution is 2.12. The van der Waals surface area contributed by atoms with Crippen LogP contribution in [0.5, 0.6) is 0 Å². The molecular weight excluding hydrogens is 200 g/mol. The van der Waals surface area contributed by atoms with E-state index in [0.717, 1.165) is 18.7 Å². The molecule has 1 aromatic rings. The van der Waals surface area contributed by atoms with E-state index in [-0.39, 0.29) is 0 Å². The zero-order chi connectivity index (χ0) is 11.3. The molecule has 0 saturated carbocycles. The van der Waals surface area contributed by atoms with E-state index in [1.165, 1.54) is 6.07 Å². The zero-order valence-corrected chi connectivity index (χ0v) is 8.85. The molecule has 0 aliphatic rings. The van der Waals surface area contributed by atoms with Crippen molar-refractivity contribution in [1.82, 2.24) is 10.4 Å². The van der Waals surface area contributed by atoms with E-state index >= 15 is 0 Å². The second-order valence-corrected chi connectivity index (χ2v) is 3.20. The Morgan fingerprint density at radius 1 is 1.27 bits per heavy atom. The minimum Gasteiger partial charge on any atom is -0.384 e. The van der Waals surface area contributed by atoms with Crippen LogP contribution in [-0.4, -0.2) is 32.2 Å². The lowest BCUT2D eigenvalue weighted by Crippen LogP contribution is -2.34. The van der Waals surface area contributed by atoms with Gasteiger partial charge in [-0.25, -0.2) is 13.8 Å². The molecule has 0 amide bonds. The Hall–Kier alpha value is -1.20. The Kier molecular flexibility index (Phi) is 4.45. The topological polar surface area (TPSA) is 27.3 Å². The Bertz CT molecular complexity index is 318. The van der Waals surface area contributed by atoms with Gasteiger partial charge in [0.2, 0.25) is 0 Å². The molecule has 0 aromatic heterocycles. The average Bonchev–Trinajstić information content (AvgIpc) is 2.23. The third-order valence-electron chi connectivity index (χ3n) is 2.08. The van der Waals surface area contributed by atoms with Gasteiger partial charge < -0.3 is 5.32 Å². The van der Waals surface area contributed by atoms with Crippen molar-refractivity contribution in [1.29, 1.82) is 0 Å². The van der Waals surface area contributed by atoms with Crippen LogP contribution in [0.3, 0.4) is 0 Å². The van der Waals surface area contributed by atoms with Crippen LogP contribution in [-0.2, 0) is 0 Å². The summed E-state index contributed by atoms with van der Waals surface area (Å²) in [5.41, 5.74) is 3.51. The fourth-order valence-corrected chi connectivity index (χ4v) is 1.09. The zero-order valence-electron chi connectivity index (χ0n) is 8.85. The van der Waals surface area contributed by atoms with Gasteiger partial charge in [0.25, 0.3) is 0 Å². The fourth-order valence-electron chi connectivity index (χ4n) is 1.09. The maximum absolute atomic E-state index is 12.8. The van der Waals surface area contributed by atoms with Crippen LogP contribution >= 0.6 is 0 Å². The molecule has 0 unspecified atom stereocenters. The molecule has 2 N–H and O–H groups in total. The van der Waals surface area contributed by atoms with Crippen molar-refractivity contribution in [3.8, 4) is 0 Å². The molecule has 84 valence electrons. The SMILES string of the molecule is CNN(C)CCNc1ccc(F)c(F)c1. The summed E-state index contributed by atoms with van der Waals surface area (Å²) in [7, 11) is 3.71. The number of anilines is 1. The normalized spacial score (nSPS) is 10.7. The molecule has 0 saturated heterocycles. The van der Waals surface area contributed by atoms with E-state index in [2.05, 4.69) is 10.7 Å². The van der Waals surface area contributed by atoms with Gasteiger partial charge in [-0.15, -0.1) is 0 Å². The number of hydrogen-bond donors (Lipinski definition) is 2. The summed E-state index contributed by atoms with van der Waals surface area (Å²) in [6.07, 6.45) is 0. The quantitative estimate of drug-likeness (QED) is 0.728. The predicted octanol–water partition coefficient (Wildman–Crippen LogP) is 1.44. The molecule has 0 radical (unpaired) electrons. The van der Waals surface area contributed by atoms with Gasteiger partial charge in [0, 0.05) is 25.8 Å². The van der Waals surface area contributed by atoms with E-state index in [1.54, 1.807) is 0 Å². The number of benzene rings is 1. The number of hydrazine groups is 1. The van der Waals surface area contributed by atoms with Gasteiger partial charge in [-0.2, -0.15) is 0 Å².